The number of rotatable bonds is 9. The van der Waals surface area contributed by atoms with Crippen molar-refractivity contribution in [2.75, 3.05) is 31.9 Å². The van der Waals surface area contributed by atoms with Crippen molar-refractivity contribution in [3.05, 3.63) is 84.4 Å². The van der Waals surface area contributed by atoms with E-state index in [0.29, 0.717) is 11.0 Å². The minimum atomic E-state index is -0.235. The molecule has 0 unspecified atom stereocenters. The largest absolute Gasteiger partial charge is 0.497 e. The quantitative estimate of drug-likeness (QED) is 0.216. The summed E-state index contributed by atoms with van der Waals surface area (Å²) in [5.74, 6) is 1.35. The van der Waals surface area contributed by atoms with E-state index in [1.54, 1.807) is 13.3 Å². The molecule has 0 aliphatic carbocycles. The van der Waals surface area contributed by atoms with Crippen LogP contribution in [0.2, 0.25) is 0 Å². The Labute approximate surface area is 208 Å². The van der Waals surface area contributed by atoms with Gasteiger partial charge in [0.2, 0.25) is 0 Å². The molecule has 9 heteroatoms. The second-order valence-electron chi connectivity index (χ2n) is 7.77. The highest BCUT2D eigenvalue weighted by Gasteiger charge is 2.17. The molecule has 35 heavy (non-hydrogen) atoms. The number of hydrazone groups is 1. The number of carbonyl (C=O) groups is 1. The summed E-state index contributed by atoms with van der Waals surface area (Å²) >= 11 is 1.29. The van der Waals surface area contributed by atoms with E-state index < -0.39 is 0 Å². The number of ether oxygens (including phenoxy) is 1. The molecule has 0 aliphatic heterocycles. The van der Waals surface area contributed by atoms with E-state index in [2.05, 4.69) is 20.7 Å². The maximum Gasteiger partial charge on any atom is 0.250 e. The van der Waals surface area contributed by atoms with Crippen molar-refractivity contribution >= 4 is 29.6 Å². The number of anilines is 1. The summed E-state index contributed by atoms with van der Waals surface area (Å²) in [6, 6.07) is 25.3. The van der Waals surface area contributed by atoms with E-state index in [0.717, 1.165) is 28.3 Å². The van der Waals surface area contributed by atoms with Gasteiger partial charge in [0.25, 0.3) is 5.91 Å². The molecule has 4 aromatic rings. The first-order valence-electron chi connectivity index (χ1n) is 10.9. The van der Waals surface area contributed by atoms with Crippen LogP contribution in [-0.2, 0) is 4.79 Å². The summed E-state index contributed by atoms with van der Waals surface area (Å²) in [5, 5.41) is 13.4. The highest BCUT2D eigenvalue weighted by Crippen LogP contribution is 2.28. The number of thioether (sulfide) groups is 1. The highest BCUT2D eigenvalue weighted by atomic mass is 32.2. The molecule has 0 fully saturated rings. The third-order valence-corrected chi connectivity index (χ3v) is 6.07. The van der Waals surface area contributed by atoms with Crippen molar-refractivity contribution in [1.29, 1.82) is 0 Å². The molecule has 1 amide bonds. The van der Waals surface area contributed by atoms with Crippen LogP contribution in [0.3, 0.4) is 0 Å². The van der Waals surface area contributed by atoms with Crippen molar-refractivity contribution in [2.24, 2.45) is 5.10 Å². The van der Waals surface area contributed by atoms with Crippen LogP contribution >= 0.6 is 11.8 Å². The monoisotopic (exact) mass is 486 g/mol. The Bertz CT molecular complexity index is 1290. The lowest BCUT2D eigenvalue weighted by atomic mass is 10.2. The van der Waals surface area contributed by atoms with Crippen molar-refractivity contribution in [3.63, 3.8) is 0 Å². The van der Waals surface area contributed by atoms with E-state index in [1.807, 2.05) is 102 Å². The van der Waals surface area contributed by atoms with Crippen LogP contribution in [0, 0.1) is 0 Å². The van der Waals surface area contributed by atoms with Crippen LogP contribution in [0.25, 0.3) is 17.1 Å². The average molecular weight is 487 g/mol. The summed E-state index contributed by atoms with van der Waals surface area (Å²) in [5.41, 5.74) is 6.37. The number of aromatic nitrogens is 3. The van der Waals surface area contributed by atoms with E-state index in [1.165, 1.54) is 11.8 Å². The Morgan fingerprint density at radius 3 is 2.40 bits per heavy atom. The molecule has 3 aromatic carbocycles. The van der Waals surface area contributed by atoms with Crippen molar-refractivity contribution in [2.45, 2.75) is 5.16 Å². The molecule has 0 spiro atoms. The fourth-order valence-electron chi connectivity index (χ4n) is 3.30. The fraction of sp³-hybridized carbons (Fsp3) is 0.154. The Morgan fingerprint density at radius 2 is 1.74 bits per heavy atom. The Morgan fingerprint density at radius 1 is 1.03 bits per heavy atom. The van der Waals surface area contributed by atoms with Crippen molar-refractivity contribution in [1.82, 2.24) is 20.2 Å². The van der Waals surface area contributed by atoms with Gasteiger partial charge in [0, 0.05) is 31.0 Å². The first-order valence-corrected chi connectivity index (χ1v) is 11.9. The van der Waals surface area contributed by atoms with Crippen LogP contribution < -0.4 is 15.1 Å². The lowest BCUT2D eigenvalue weighted by molar-refractivity contribution is -0.118. The van der Waals surface area contributed by atoms with E-state index >= 15 is 0 Å². The van der Waals surface area contributed by atoms with Crippen LogP contribution in [0.15, 0.2) is 89.1 Å². The lowest BCUT2D eigenvalue weighted by Gasteiger charge is -2.11. The third-order valence-electron chi connectivity index (χ3n) is 5.14. The van der Waals surface area contributed by atoms with Gasteiger partial charge in [0.05, 0.1) is 19.1 Å². The Balaban J connectivity index is 1.46. The number of amides is 1. The molecule has 1 N–H and O–H groups in total. The predicted octanol–water partition coefficient (Wildman–Crippen LogP) is 4.25. The van der Waals surface area contributed by atoms with E-state index in [-0.39, 0.29) is 11.7 Å². The van der Waals surface area contributed by atoms with Crippen molar-refractivity contribution in [3.8, 4) is 22.8 Å². The Kier molecular flexibility index (Phi) is 7.79. The predicted molar refractivity (Wildman–Crippen MR) is 141 cm³/mol. The molecule has 0 aliphatic rings. The third kappa shape index (κ3) is 6.07. The highest BCUT2D eigenvalue weighted by molar-refractivity contribution is 7.99. The molecule has 0 atom stereocenters. The number of nitrogens with zero attached hydrogens (tertiary/aromatic N) is 5. The minimum absolute atomic E-state index is 0.139. The van der Waals surface area contributed by atoms with Crippen LogP contribution in [0.5, 0.6) is 5.75 Å². The number of hydrogen-bond acceptors (Lipinski definition) is 7. The van der Waals surface area contributed by atoms with E-state index in [4.69, 9.17) is 4.74 Å². The topological polar surface area (TPSA) is 84.6 Å². The zero-order valence-electron chi connectivity index (χ0n) is 19.8. The summed E-state index contributed by atoms with van der Waals surface area (Å²) in [7, 11) is 5.60. The standard InChI is InChI=1S/C26H26N6O2S/c1-31(2)21-11-9-19(10-12-21)17-27-28-24(33)18-35-26-30-29-25(20-7-5-4-6-8-20)32(26)22-13-15-23(34-3)16-14-22/h4-17H,18H2,1-3H3,(H,28,33). The molecule has 8 nitrogen and oxygen atoms in total. The second kappa shape index (κ2) is 11.3. The zero-order valence-corrected chi connectivity index (χ0v) is 20.6. The number of hydrogen-bond donors (Lipinski definition) is 1. The van der Waals surface area contributed by atoms with Gasteiger partial charge < -0.3 is 9.64 Å². The summed E-state index contributed by atoms with van der Waals surface area (Å²) < 4.78 is 7.21. The molecular formula is C26H26N6O2S. The SMILES string of the molecule is COc1ccc(-n2c(SCC(=O)NN=Cc3ccc(N(C)C)cc3)nnc2-c2ccccc2)cc1. The van der Waals surface area contributed by atoms with Gasteiger partial charge in [0.15, 0.2) is 11.0 Å². The van der Waals surface area contributed by atoms with Gasteiger partial charge in [-0.15, -0.1) is 10.2 Å². The molecule has 0 saturated heterocycles. The number of methoxy groups -OCH3 is 1. The summed E-state index contributed by atoms with van der Waals surface area (Å²) in [6.45, 7) is 0. The molecule has 1 aromatic heterocycles. The van der Waals surface area contributed by atoms with Gasteiger partial charge in [-0.2, -0.15) is 5.10 Å². The number of benzene rings is 3. The van der Waals surface area contributed by atoms with Gasteiger partial charge in [-0.3, -0.25) is 9.36 Å². The maximum absolute atomic E-state index is 12.4. The molecule has 4 rings (SSSR count). The fourth-order valence-corrected chi connectivity index (χ4v) is 4.05. The zero-order chi connectivity index (χ0) is 24.6. The normalized spacial score (nSPS) is 10.9. The van der Waals surface area contributed by atoms with Gasteiger partial charge >= 0.3 is 0 Å². The minimum Gasteiger partial charge on any atom is -0.497 e. The van der Waals surface area contributed by atoms with E-state index in [9.17, 15) is 4.79 Å². The van der Waals surface area contributed by atoms with Crippen LogP contribution in [0.1, 0.15) is 5.56 Å². The average Bonchev–Trinajstić information content (AvgIpc) is 3.32. The molecular weight excluding hydrogens is 460 g/mol. The first-order chi connectivity index (χ1) is 17.0. The molecule has 0 saturated carbocycles. The molecule has 1 heterocycles. The smallest absolute Gasteiger partial charge is 0.250 e. The van der Waals surface area contributed by atoms with Crippen LogP contribution in [0.4, 0.5) is 5.69 Å². The first kappa shape index (κ1) is 24.0. The number of nitrogens with one attached hydrogen (secondary N) is 1. The van der Waals surface area contributed by atoms with Gasteiger partial charge in [0.1, 0.15) is 5.75 Å². The summed E-state index contributed by atoms with van der Waals surface area (Å²) in [4.78, 5) is 14.5. The number of carbonyl (C=O) groups excluding carboxylic acids is 1. The summed E-state index contributed by atoms with van der Waals surface area (Å²) in [6.07, 6.45) is 1.62. The lowest BCUT2D eigenvalue weighted by Crippen LogP contribution is -2.20. The maximum atomic E-state index is 12.4. The second-order valence-corrected chi connectivity index (χ2v) is 8.72. The molecule has 0 radical (unpaired) electrons. The Hall–Kier alpha value is -4.11. The van der Waals surface area contributed by atoms with Gasteiger partial charge in [-0.05, 0) is 42.0 Å². The molecule has 178 valence electrons. The van der Waals surface area contributed by atoms with Crippen LogP contribution in [-0.4, -0.2) is 53.8 Å². The van der Waals surface area contributed by atoms with Crippen molar-refractivity contribution < 1.29 is 9.53 Å². The van der Waals surface area contributed by atoms with Gasteiger partial charge in [-0.1, -0.05) is 54.2 Å². The van der Waals surface area contributed by atoms with Gasteiger partial charge in [-0.25, -0.2) is 5.43 Å². The molecule has 0 bridgehead atoms.